The number of Topliss-reactive ketones (excluding diaryl/α,β-unsaturated/α-hetero) is 1. The van der Waals surface area contributed by atoms with Gasteiger partial charge in [0.1, 0.15) is 5.00 Å². The Morgan fingerprint density at radius 1 is 1.50 bits per heavy atom. The zero-order valence-corrected chi connectivity index (χ0v) is 12.9. The molecule has 94 valence electrons. The normalized spacial score (nSPS) is 10.4. The summed E-state index contributed by atoms with van der Waals surface area (Å²) in [5, 5.41) is 4.59. The van der Waals surface area contributed by atoms with Crippen LogP contribution in [-0.2, 0) is 0 Å². The van der Waals surface area contributed by atoms with Crippen molar-refractivity contribution in [3.05, 3.63) is 39.0 Å². The molecule has 0 aliphatic heterocycles. The van der Waals surface area contributed by atoms with Crippen LogP contribution >= 0.6 is 39.1 Å². The number of halogens is 2. The Balaban J connectivity index is 2.34. The van der Waals surface area contributed by atoms with Crippen LogP contribution in [0.15, 0.2) is 22.7 Å². The van der Waals surface area contributed by atoms with Crippen molar-refractivity contribution in [3.8, 4) is 0 Å². The summed E-state index contributed by atoms with van der Waals surface area (Å²) in [5.74, 6) is 0.0109. The molecule has 3 nitrogen and oxygen atoms in total. The van der Waals surface area contributed by atoms with Crippen molar-refractivity contribution >= 4 is 55.5 Å². The number of hydrogen-bond acceptors (Lipinski definition) is 4. The number of carbonyl (C=O) groups is 1. The standard InChI is InChI=1S/C12H10BrClN2OS/c1-6-11(7(2)17)12(18-16-6)15-8-3-4-10(14)9(13)5-8/h3-5,15H,1-2H3. The van der Waals surface area contributed by atoms with Gasteiger partial charge < -0.3 is 5.32 Å². The Labute approximate surface area is 122 Å². The number of rotatable bonds is 3. The van der Waals surface area contributed by atoms with Crippen molar-refractivity contribution in [2.45, 2.75) is 13.8 Å². The minimum atomic E-state index is 0.0109. The van der Waals surface area contributed by atoms with Gasteiger partial charge in [0, 0.05) is 10.2 Å². The van der Waals surface area contributed by atoms with Gasteiger partial charge in [-0.15, -0.1) is 0 Å². The Kier molecular flexibility index (Phi) is 4.04. The predicted molar refractivity (Wildman–Crippen MR) is 79.3 cm³/mol. The highest BCUT2D eigenvalue weighted by Crippen LogP contribution is 2.31. The van der Waals surface area contributed by atoms with E-state index >= 15 is 0 Å². The summed E-state index contributed by atoms with van der Waals surface area (Å²) in [6, 6.07) is 5.50. The lowest BCUT2D eigenvalue weighted by molar-refractivity contribution is 0.101. The van der Waals surface area contributed by atoms with Gasteiger partial charge in [0.15, 0.2) is 5.78 Å². The first-order valence-electron chi connectivity index (χ1n) is 5.18. The van der Waals surface area contributed by atoms with Gasteiger partial charge in [0.25, 0.3) is 0 Å². The third kappa shape index (κ3) is 2.74. The topological polar surface area (TPSA) is 42.0 Å². The van der Waals surface area contributed by atoms with E-state index in [9.17, 15) is 4.79 Å². The fourth-order valence-electron chi connectivity index (χ4n) is 1.57. The second-order valence-electron chi connectivity index (χ2n) is 3.78. The highest BCUT2D eigenvalue weighted by Gasteiger charge is 2.15. The SMILES string of the molecule is CC(=O)c1c(C)nsc1Nc1ccc(Cl)c(Br)c1. The highest BCUT2D eigenvalue weighted by molar-refractivity contribution is 9.10. The van der Waals surface area contributed by atoms with Gasteiger partial charge >= 0.3 is 0 Å². The second-order valence-corrected chi connectivity index (χ2v) is 5.82. The van der Waals surface area contributed by atoms with E-state index in [2.05, 4.69) is 25.6 Å². The van der Waals surface area contributed by atoms with Gasteiger partial charge in [-0.1, -0.05) is 11.6 Å². The molecule has 1 aromatic carbocycles. The van der Waals surface area contributed by atoms with Crippen LogP contribution in [0.4, 0.5) is 10.7 Å². The minimum absolute atomic E-state index is 0.0109. The van der Waals surface area contributed by atoms with Crippen LogP contribution in [-0.4, -0.2) is 10.2 Å². The summed E-state index contributed by atoms with van der Waals surface area (Å²) in [6.07, 6.45) is 0. The number of nitrogens with zero attached hydrogens (tertiary/aromatic N) is 1. The van der Waals surface area contributed by atoms with E-state index in [1.165, 1.54) is 11.5 Å². The largest absolute Gasteiger partial charge is 0.345 e. The molecule has 0 bridgehead atoms. The van der Waals surface area contributed by atoms with Crippen molar-refractivity contribution in [3.63, 3.8) is 0 Å². The van der Waals surface area contributed by atoms with Gasteiger partial charge in [-0.25, -0.2) is 0 Å². The number of nitrogens with one attached hydrogen (secondary N) is 1. The minimum Gasteiger partial charge on any atom is -0.345 e. The number of anilines is 2. The van der Waals surface area contributed by atoms with Crippen LogP contribution in [0, 0.1) is 6.92 Å². The molecule has 2 aromatic rings. The van der Waals surface area contributed by atoms with Crippen molar-refractivity contribution in [2.24, 2.45) is 0 Å². The fraction of sp³-hybridized carbons (Fsp3) is 0.167. The molecule has 0 amide bonds. The van der Waals surface area contributed by atoms with Crippen LogP contribution in [0.2, 0.25) is 5.02 Å². The molecule has 0 atom stereocenters. The molecule has 6 heteroatoms. The number of carbonyl (C=O) groups excluding carboxylic acids is 1. The molecule has 0 spiro atoms. The molecule has 0 unspecified atom stereocenters. The molecular formula is C12H10BrClN2OS. The summed E-state index contributed by atoms with van der Waals surface area (Å²) in [4.78, 5) is 11.6. The van der Waals surface area contributed by atoms with E-state index in [4.69, 9.17) is 11.6 Å². The van der Waals surface area contributed by atoms with Crippen LogP contribution in [0.5, 0.6) is 0 Å². The highest BCUT2D eigenvalue weighted by atomic mass is 79.9. The van der Waals surface area contributed by atoms with Crippen molar-refractivity contribution < 1.29 is 4.79 Å². The van der Waals surface area contributed by atoms with Gasteiger partial charge in [0.05, 0.1) is 16.3 Å². The number of hydrogen-bond donors (Lipinski definition) is 1. The van der Waals surface area contributed by atoms with Crippen LogP contribution in [0.3, 0.4) is 0 Å². The number of ketones is 1. The van der Waals surface area contributed by atoms with E-state index in [0.29, 0.717) is 10.6 Å². The predicted octanol–water partition coefficient (Wildman–Crippen LogP) is 4.81. The average molecular weight is 346 g/mol. The van der Waals surface area contributed by atoms with E-state index in [1.54, 1.807) is 13.0 Å². The molecule has 0 saturated carbocycles. The maximum Gasteiger partial charge on any atom is 0.164 e. The third-order valence-electron chi connectivity index (χ3n) is 2.39. The Hall–Kier alpha value is -0.910. The number of benzene rings is 1. The van der Waals surface area contributed by atoms with Crippen molar-refractivity contribution in [1.82, 2.24) is 4.37 Å². The van der Waals surface area contributed by atoms with Gasteiger partial charge in [-0.3, -0.25) is 4.79 Å². The maximum atomic E-state index is 11.6. The number of aromatic nitrogens is 1. The molecule has 0 saturated heterocycles. The molecule has 1 heterocycles. The number of aryl methyl sites for hydroxylation is 1. The van der Waals surface area contributed by atoms with Crippen LogP contribution in [0.1, 0.15) is 23.0 Å². The molecule has 0 fully saturated rings. The Morgan fingerprint density at radius 3 is 2.83 bits per heavy atom. The van der Waals surface area contributed by atoms with E-state index < -0.39 is 0 Å². The molecule has 0 aliphatic carbocycles. The van der Waals surface area contributed by atoms with E-state index in [-0.39, 0.29) is 5.78 Å². The van der Waals surface area contributed by atoms with Crippen molar-refractivity contribution in [1.29, 1.82) is 0 Å². The van der Waals surface area contributed by atoms with E-state index in [0.717, 1.165) is 20.9 Å². The lowest BCUT2D eigenvalue weighted by atomic mass is 10.2. The molecule has 0 radical (unpaired) electrons. The maximum absolute atomic E-state index is 11.6. The zero-order chi connectivity index (χ0) is 13.3. The first-order chi connectivity index (χ1) is 8.49. The Morgan fingerprint density at radius 2 is 2.22 bits per heavy atom. The zero-order valence-electron chi connectivity index (χ0n) is 9.75. The summed E-state index contributed by atoms with van der Waals surface area (Å²) in [5.41, 5.74) is 2.26. The lowest BCUT2D eigenvalue weighted by Crippen LogP contribution is -1.98. The summed E-state index contributed by atoms with van der Waals surface area (Å²) in [6.45, 7) is 3.37. The first-order valence-corrected chi connectivity index (χ1v) is 7.12. The third-order valence-corrected chi connectivity index (χ3v) is 4.46. The van der Waals surface area contributed by atoms with Crippen molar-refractivity contribution in [2.75, 3.05) is 5.32 Å². The van der Waals surface area contributed by atoms with Crippen LogP contribution < -0.4 is 5.32 Å². The lowest BCUT2D eigenvalue weighted by Gasteiger charge is -2.06. The molecule has 18 heavy (non-hydrogen) atoms. The fourth-order valence-corrected chi connectivity index (χ4v) is 2.94. The Bertz CT molecular complexity index is 612. The first kappa shape index (κ1) is 13.5. The average Bonchev–Trinajstić information content (AvgIpc) is 2.65. The van der Waals surface area contributed by atoms with Gasteiger partial charge in [0.2, 0.25) is 0 Å². The molecular weight excluding hydrogens is 336 g/mol. The molecule has 1 aromatic heterocycles. The van der Waals surface area contributed by atoms with Crippen LogP contribution in [0.25, 0.3) is 0 Å². The van der Waals surface area contributed by atoms with Gasteiger partial charge in [-0.05, 0) is 59.5 Å². The van der Waals surface area contributed by atoms with Gasteiger partial charge in [-0.2, -0.15) is 4.37 Å². The molecule has 0 aliphatic rings. The quantitative estimate of drug-likeness (QED) is 0.811. The molecule has 1 N–H and O–H groups in total. The smallest absolute Gasteiger partial charge is 0.164 e. The summed E-state index contributed by atoms with van der Waals surface area (Å²) in [7, 11) is 0. The summed E-state index contributed by atoms with van der Waals surface area (Å²) < 4.78 is 5.00. The molecule has 2 rings (SSSR count). The second kappa shape index (κ2) is 5.38. The summed E-state index contributed by atoms with van der Waals surface area (Å²) >= 11 is 10.6. The van der Waals surface area contributed by atoms with E-state index in [1.807, 2.05) is 19.1 Å². The monoisotopic (exact) mass is 344 g/mol.